The maximum absolute atomic E-state index is 12.8. The first-order chi connectivity index (χ1) is 18.7. The molecule has 0 saturated carbocycles. The number of nitrogens with zero attached hydrogens (tertiary/aromatic N) is 2. The number of imide groups is 1. The van der Waals surface area contributed by atoms with Gasteiger partial charge in [0.1, 0.15) is 12.6 Å². The summed E-state index contributed by atoms with van der Waals surface area (Å²) in [5.74, 6) is -3.16. The molecule has 1 saturated heterocycles. The number of hydroxylamine groups is 2. The number of guanidine groups is 1. The van der Waals surface area contributed by atoms with Gasteiger partial charge in [-0.3, -0.25) is 15.0 Å². The van der Waals surface area contributed by atoms with Gasteiger partial charge in [-0.25, -0.2) is 19.7 Å². The Morgan fingerprint density at radius 3 is 2.23 bits per heavy atom. The highest BCUT2D eigenvalue weighted by Crippen LogP contribution is 2.44. The molecule has 2 aromatic carbocycles. The van der Waals surface area contributed by atoms with Gasteiger partial charge in [-0.2, -0.15) is 0 Å². The van der Waals surface area contributed by atoms with Crippen LogP contribution in [0, 0.1) is 15.5 Å². The van der Waals surface area contributed by atoms with Crippen LogP contribution in [-0.2, 0) is 24.0 Å². The molecule has 204 valence electrons. The standard InChI is InChI=1S/C25H26N6O8/c26-24(29-31(36)37)27-13-5-10-20(23(34)39-30-21(32)11-12-22(30)33)28-25(35)38-14-19-17-8-3-1-6-15(17)16-7-2-4-9-18(16)19/h1-4,6-9,19-20H,5,10-14H2,(H,28,35)(H3,26,27,29)/t20-/m0/s1. The van der Waals surface area contributed by atoms with Crippen molar-refractivity contribution < 1.29 is 33.8 Å². The Morgan fingerprint density at radius 1 is 1.05 bits per heavy atom. The molecule has 14 nitrogen and oxygen atoms in total. The molecule has 4 rings (SSSR count). The van der Waals surface area contributed by atoms with Crippen molar-refractivity contribution in [2.45, 2.75) is 37.6 Å². The van der Waals surface area contributed by atoms with Crippen molar-refractivity contribution in [3.05, 3.63) is 69.8 Å². The van der Waals surface area contributed by atoms with E-state index in [0.717, 1.165) is 22.3 Å². The molecule has 3 amide bonds. The second-order valence-corrected chi connectivity index (χ2v) is 8.83. The first-order valence-electron chi connectivity index (χ1n) is 12.2. The summed E-state index contributed by atoms with van der Waals surface area (Å²) in [6, 6.07) is 14.3. The van der Waals surface area contributed by atoms with E-state index in [-0.39, 0.29) is 44.8 Å². The van der Waals surface area contributed by atoms with Crippen molar-refractivity contribution in [1.82, 2.24) is 21.1 Å². The molecular weight excluding hydrogens is 512 g/mol. The van der Waals surface area contributed by atoms with Crippen LogP contribution in [-0.4, -0.2) is 59.1 Å². The summed E-state index contributed by atoms with van der Waals surface area (Å²) in [5, 5.41) is 22.2. The Morgan fingerprint density at radius 2 is 1.64 bits per heavy atom. The van der Waals surface area contributed by atoms with E-state index in [0.29, 0.717) is 5.06 Å². The fourth-order valence-corrected chi connectivity index (χ4v) is 4.49. The summed E-state index contributed by atoms with van der Waals surface area (Å²) in [7, 11) is 0. The third kappa shape index (κ3) is 6.47. The quantitative estimate of drug-likeness (QED) is 0.0862. The molecule has 0 aromatic heterocycles. The van der Waals surface area contributed by atoms with Gasteiger partial charge < -0.3 is 20.2 Å². The zero-order valence-electron chi connectivity index (χ0n) is 20.7. The van der Waals surface area contributed by atoms with Crippen LogP contribution in [0.15, 0.2) is 48.5 Å². The molecule has 0 radical (unpaired) electrons. The molecule has 2 aliphatic rings. The van der Waals surface area contributed by atoms with Gasteiger partial charge in [0.15, 0.2) is 5.03 Å². The summed E-state index contributed by atoms with van der Waals surface area (Å²) >= 11 is 0. The van der Waals surface area contributed by atoms with Crippen LogP contribution in [0.4, 0.5) is 4.79 Å². The summed E-state index contributed by atoms with van der Waals surface area (Å²) in [6.45, 7) is 0.0351. The Labute approximate surface area is 222 Å². The van der Waals surface area contributed by atoms with Crippen LogP contribution in [0.3, 0.4) is 0 Å². The molecule has 1 heterocycles. The molecule has 4 N–H and O–H groups in total. The Bertz CT molecular complexity index is 1250. The number of nitro groups is 1. The lowest BCUT2D eigenvalue weighted by Gasteiger charge is -2.21. The molecule has 14 heteroatoms. The number of carbonyl (C=O) groups excluding carboxylic acids is 4. The highest BCUT2D eigenvalue weighted by molar-refractivity contribution is 6.01. The average Bonchev–Trinajstić information content (AvgIpc) is 3.40. The van der Waals surface area contributed by atoms with Gasteiger partial charge in [-0.05, 0) is 35.1 Å². The number of hydrogen-bond acceptors (Lipinski definition) is 9. The molecule has 1 aliphatic carbocycles. The van der Waals surface area contributed by atoms with Gasteiger partial charge in [-0.1, -0.05) is 54.0 Å². The number of rotatable bonds is 10. The minimum atomic E-state index is -1.30. The van der Waals surface area contributed by atoms with E-state index in [1.165, 1.54) is 0 Å². The molecule has 0 spiro atoms. The molecule has 1 fully saturated rings. The van der Waals surface area contributed by atoms with Crippen LogP contribution >= 0.6 is 0 Å². The largest absolute Gasteiger partial charge is 0.449 e. The van der Waals surface area contributed by atoms with Crippen LogP contribution in [0.5, 0.6) is 0 Å². The van der Waals surface area contributed by atoms with E-state index < -0.39 is 40.9 Å². The number of hydrazine groups is 1. The third-order valence-electron chi connectivity index (χ3n) is 6.28. The number of alkyl carbamates (subject to hydrolysis) is 1. The van der Waals surface area contributed by atoms with Crippen molar-refractivity contribution in [2.75, 3.05) is 13.2 Å². The van der Waals surface area contributed by atoms with Gasteiger partial charge in [0.2, 0.25) is 0 Å². The van der Waals surface area contributed by atoms with Gasteiger partial charge >= 0.3 is 12.1 Å². The number of hydrogen-bond donors (Lipinski definition) is 4. The van der Waals surface area contributed by atoms with Gasteiger partial charge in [-0.15, -0.1) is 5.06 Å². The predicted octanol–water partition coefficient (Wildman–Crippen LogP) is 1.59. The minimum Gasteiger partial charge on any atom is -0.449 e. The summed E-state index contributed by atoms with van der Waals surface area (Å²) in [4.78, 5) is 64.6. The first kappa shape index (κ1) is 27.0. The zero-order valence-corrected chi connectivity index (χ0v) is 20.7. The molecular formula is C25H26N6O8. The van der Waals surface area contributed by atoms with Gasteiger partial charge in [0.25, 0.3) is 17.8 Å². The van der Waals surface area contributed by atoms with E-state index in [4.69, 9.17) is 15.0 Å². The molecule has 2 aromatic rings. The number of ether oxygens (including phenoxy) is 1. The topological polar surface area (TPSA) is 193 Å². The van der Waals surface area contributed by atoms with E-state index in [1.54, 1.807) is 5.43 Å². The molecule has 1 atom stereocenters. The predicted molar refractivity (Wildman–Crippen MR) is 134 cm³/mol. The molecule has 0 bridgehead atoms. The van der Waals surface area contributed by atoms with Crippen molar-refractivity contribution in [1.29, 1.82) is 5.41 Å². The molecule has 39 heavy (non-hydrogen) atoms. The monoisotopic (exact) mass is 538 g/mol. The fraction of sp³-hybridized carbons (Fsp3) is 0.320. The zero-order chi connectivity index (χ0) is 27.9. The minimum absolute atomic E-state index is 0.00397. The number of carbonyl (C=O) groups is 4. The number of benzene rings is 2. The van der Waals surface area contributed by atoms with Gasteiger partial charge in [0, 0.05) is 25.3 Å². The van der Waals surface area contributed by atoms with Crippen LogP contribution < -0.4 is 16.1 Å². The SMILES string of the molecule is N=C(NCCC[C@H](NC(=O)OCC1c2ccccc2-c2ccccc21)C(=O)ON1C(=O)CCC1=O)N[N+](=O)[O-]. The fourth-order valence-electron chi connectivity index (χ4n) is 4.49. The second-order valence-electron chi connectivity index (χ2n) is 8.83. The summed E-state index contributed by atoms with van der Waals surface area (Å²) in [5.41, 5.74) is 5.74. The number of nitrogens with one attached hydrogen (secondary N) is 4. The maximum atomic E-state index is 12.8. The highest BCUT2D eigenvalue weighted by Gasteiger charge is 2.36. The Kier molecular flexibility index (Phi) is 8.33. The average molecular weight is 539 g/mol. The van der Waals surface area contributed by atoms with Gasteiger partial charge in [0.05, 0.1) is 0 Å². The molecule has 1 aliphatic heterocycles. The van der Waals surface area contributed by atoms with Crippen molar-refractivity contribution in [3.8, 4) is 11.1 Å². The van der Waals surface area contributed by atoms with Crippen LogP contribution in [0.2, 0.25) is 0 Å². The highest BCUT2D eigenvalue weighted by atomic mass is 16.7. The van der Waals surface area contributed by atoms with Crippen LogP contribution in [0.25, 0.3) is 11.1 Å². The lowest BCUT2D eigenvalue weighted by molar-refractivity contribution is -0.525. The number of fused-ring (bicyclic) bond motifs is 3. The number of amides is 3. The lowest BCUT2D eigenvalue weighted by atomic mass is 9.98. The Balaban J connectivity index is 1.38. The van der Waals surface area contributed by atoms with E-state index in [9.17, 15) is 29.3 Å². The van der Waals surface area contributed by atoms with E-state index in [1.807, 2.05) is 48.5 Å². The summed E-state index contributed by atoms with van der Waals surface area (Å²) < 4.78 is 5.48. The second kappa shape index (κ2) is 12.0. The normalized spacial score (nSPS) is 14.7. The van der Waals surface area contributed by atoms with E-state index >= 15 is 0 Å². The third-order valence-corrected chi connectivity index (χ3v) is 6.28. The Hall–Kier alpha value is -5.01. The van der Waals surface area contributed by atoms with Crippen molar-refractivity contribution in [2.24, 2.45) is 0 Å². The van der Waals surface area contributed by atoms with Crippen molar-refractivity contribution >= 4 is 29.8 Å². The molecule has 0 unspecified atom stereocenters. The smallest absolute Gasteiger partial charge is 0.407 e. The summed E-state index contributed by atoms with van der Waals surface area (Å²) in [6.07, 6.45) is -0.975. The first-order valence-corrected chi connectivity index (χ1v) is 12.2. The van der Waals surface area contributed by atoms with Crippen LogP contribution in [0.1, 0.15) is 42.7 Å². The lowest BCUT2D eigenvalue weighted by Crippen LogP contribution is -2.46. The maximum Gasteiger partial charge on any atom is 0.407 e. The van der Waals surface area contributed by atoms with E-state index in [2.05, 4.69) is 10.6 Å². The van der Waals surface area contributed by atoms with Crippen molar-refractivity contribution in [3.63, 3.8) is 0 Å².